The highest BCUT2D eigenvalue weighted by atomic mass is 16.5. The molecule has 2 atom stereocenters. The molecule has 0 aliphatic rings. The maximum atomic E-state index is 11.0. The molecule has 0 aliphatic heterocycles. The summed E-state index contributed by atoms with van der Waals surface area (Å²) >= 11 is 0. The van der Waals surface area contributed by atoms with Gasteiger partial charge in [-0.2, -0.15) is 0 Å². The first-order valence-electron chi connectivity index (χ1n) is 11.4. The predicted octanol–water partition coefficient (Wildman–Crippen LogP) is 1.95. The molecule has 0 saturated heterocycles. The first kappa shape index (κ1) is 32.9. The molecule has 4 N–H and O–H groups in total. The lowest BCUT2D eigenvalue weighted by atomic mass is 9.96. The molecule has 0 radical (unpaired) electrons. The van der Waals surface area contributed by atoms with E-state index >= 15 is 0 Å². The van der Waals surface area contributed by atoms with Crippen LogP contribution in [0.2, 0.25) is 0 Å². The maximum absolute atomic E-state index is 11.0. The van der Waals surface area contributed by atoms with Crippen LogP contribution < -0.4 is 0 Å². The van der Waals surface area contributed by atoms with E-state index in [2.05, 4.69) is 13.8 Å². The van der Waals surface area contributed by atoms with Gasteiger partial charge in [0.25, 0.3) is 0 Å². The second kappa shape index (κ2) is 26.0. The van der Waals surface area contributed by atoms with Crippen LogP contribution in [0.15, 0.2) is 0 Å². The van der Waals surface area contributed by atoms with Crippen molar-refractivity contribution in [1.82, 2.24) is 0 Å². The fourth-order valence-corrected chi connectivity index (χ4v) is 2.37. The zero-order valence-electron chi connectivity index (χ0n) is 19.7. The Hall–Kier alpha value is -1.30. The number of aliphatic carboxylic acids is 2. The van der Waals surface area contributed by atoms with Crippen LogP contribution in [0.4, 0.5) is 0 Å². The van der Waals surface area contributed by atoms with E-state index in [1.54, 1.807) is 0 Å². The van der Waals surface area contributed by atoms with E-state index in [4.69, 9.17) is 34.3 Å². The van der Waals surface area contributed by atoms with Gasteiger partial charge in [0.15, 0.2) is 0 Å². The van der Waals surface area contributed by atoms with Gasteiger partial charge < -0.3 is 39.4 Å². The Morgan fingerprint density at radius 1 is 0.750 bits per heavy atom. The Morgan fingerprint density at radius 2 is 1.25 bits per heavy atom. The van der Waals surface area contributed by atoms with Gasteiger partial charge in [-0.25, -0.2) is 0 Å². The number of carboxylic acid groups (broad SMARTS) is 2. The first-order valence-corrected chi connectivity index (χ1v) is 11.4. The highest BCUT2D eigenvalue weighted by Crippen LogP contribution is 2.14. The Kier molecular flexibility index (Phi) is 26.7. The number of rotatable bonds is 22. The van der Waals surface area contributed by atoms with Crippen molar-refractivity contribution in [3.05, 3.63) is 0 Å². The van der Waals surface area contributed by atoms with E-state index in [0.29, 0.717) is 39.6 Å². The van der Waals surface area contributed by atoms with Gasteiger partial charge in [0.1, 0.15) is 0 Å². The molecule has 0 heterocycles. The van der Waals surface area contributed by atoms with E-state index < -0.39 is 24.0 Å². The topological polar surface area (TPSA) is 152 Å². The second-order valence-corrected chi connectivity index (χ2v) is 7.14. The molecule has 0 bridgehead atoms. The van der Waals surface area contributed by atoms with Crippen LogP contribution in [0.1, 0.15) is 58.8 Å². The monoisotopic (exact) mass is 468 g/mol. The van der Waals surface area contributed by atoms with Crippen molar-refractivity contribution in [2.24, 2.45) is 5.92 Å². The number of hydrogen-bond acceptors (Lipinski definition) is 8. The van der Waals surface area contributed by atoms with Crippen molar-refractivity contribution in [3.63, 3.8) is 0 Å². The van der Waals surface area contributed by atoms with Gasteiger partial charge in [-0.3, -0.25) is 9.59 Å². The molecule has 0 amide bonds. The summed E-state index contributed by atoms with van der Waals surface area (Å²) in [7, 11) is 0. The summed E-state index contributed by atoms with van der Waals surface area (Å²) in [5, 5.41) is 35.7. The maximum Gasteiger partial charge on any atom is 0.309 e. The molecule has 32 heavy (non-hydrogen) atoms. The zero-order chi connectivity index (χ0) is 24.5. The molecule has 2 unspecified atom stereocenters. The summed E-state index contributed by atoms with van der Waals surface area (Å²) in [6.07, 6.45) is 3.37. The van der Waals surface area contributed by atoms with E-state index in [1.165, 1.54) is 0 Å². The fourth-order valence-electron chi connectivity index (χ4n) is 2.37. The largest absolute Gasteiger partial charge is 0.481 e. The summed E-state index contributed by atoms with van der Waals surface area (Å²) in [5.74, 6) is -3.13. The predicted molar refractivity (Wildman–Crippen MR) is 119 cm³/mol. The molecule has 0 spiro atoms. The van der Waals surface area contributed by atoms with Crippen LogP contribution in [0, 0.1) is 5.92 Å². The molecule has 0 aromatic heterocycles. The lowest BCUT2D eigenvalue weighted by Crippen LogP contribution is -2.32. The van der Waals surface area contributed by atoms with Crippen LogP contribution >= 0.6 is 0 Å². The lowest BCUT2D eigenvalue weighted by molar-refractivity contribution is -0.148. The summed E-state index contributed by atoms with van der Waals surface area (Å²) in [4.78, 5) is 21.4. The molecule has 0 rings (SSSR count). The summed E-state index contributed by atoms with van der Waals surface area (Å²) in [6.45, 7) is 8.01. The molecule has 10 heteroatoms. The van der Waals surface area contributed by atoms with E-state index in [0.717, 1.165) is 32.3 Å². The standard InChI is InChI=1S/C14H26O7.C8H18O3/c1-2-3-7-20-8-9-21-10-12(15)11(14(18)19)5-4-6-13(16)17;1-2-3-5-10-7-8-11-6-4-9/h11-12,15H,2-10H2,1H3,(H,16,17)(H,18,19);9H,2-8H2,1H3. The number of unbranched alkanes of at least 4 members (excludes halogenated alkanes) is 2. The van der Waals surface area contributed by atoms with Crippen molar-refractivity contribution in [1.29, 1.82) is 0 Å². The van der Waals surface area contributed by atoms with Crippen molar-refractivity contribution < 1.29 is 49.0 Å². The average molecular weight is 469 g/mol. The van der Waals surface area contributed by atoms with E-state index in [1.807, 2.05) is 0 Å². The van der Waals surface area contributed by atoms with Gasteiger partial charge in [-0.1, -0.05) is 26.7 Å². The molecule has 192 valence electrons. The van der Waals surface area contributed by atoms with Gasteiger partial charge >= 0.3 is 11.9 Å². The quantitative estimate of drug-likeness (QED) is 0.173. The van der Waals surface area contributed by atoms with Crippen LogP contribution in [-0.4, -0.2) is 97.9 Å². The van der Waals surface area contributed by atoms with Crippen molar-refractivity contribution in [2.75, 3.05) is 59.5 Å². The SMILES string of the molecule is CCCCOCCOCC(O)C(CCCC(=O)O)C(=O)O.CCCCOCCOCCO. The molecule has 0 aromatic carbocycles. The summed E-state index contributed by atoms with van der Waals surface area (Å²) in [6, 6.07) is 0. The number of aliphatic hydroxyl groups is 2. The van der Waals surface area contributed by atoms with Gasteiger partial charge in [0.2, 0.25) is 0 Å². The molecule has 0 aliphatic carbocycles. The third kappa shape index (κ3) is 25.0. The summed E-state index contributed by atoms with van der Waals surface area (Å²) in [5.41, 5.74) is 0. The highest BCUT2D eigenvalue weighted by Gasteiger charge is 2.26. The molecular weight excluding hydrogens is 424 g/mol. The Morgan fingerprint density at radius 3 is 1.69 bits per heavy atom. The van der Waals surface area contributed by atoms with Crippen LogP contribution in [0.3, 0.4) is 0 Å². The fraction of sp³-hybridized carbons (Fsp3) is 0.909. The van der Waals surface area contributed by atoms with Crippen LogP contribution in [0.5, 0.6) is 0 Å². The van der Waals surface area contributed by atoms with Crippen molar-refractivity contribution in [2.45, 2.75) is 64.9 Å². The molecule has 0 saturated carbocycles. The van der Waals surface area contributed by atoms with Gasteiger partial charge in [-0.15, -0.1) is 0 Å². The van der Waals surface area contributed by atoms with Gasteiger partial charge in [0.05, 0.1) is 58.3 Å². The lowest BCUT2D eigenvalue weighted by Gasteiger charge is -2.18. The van der Waals surface area contributed by atoms with Crippen molar-refractivity contribution in [3.8, 4) is 0 Å². The Balaban J connectivity index is 0. The Labute approximate surface area is 191 Å². The number of carboxylic acids is 2. The van der Waals surface area contributed by atoms with E-state index in [9.17, 15) is 14.7 Å². The van der Waals surface area contributed by atoms with E-state index in [-0.39, 0.29) is 32.5 Å². The smallest absolute Gasteiger partial charge is 0.309 e. The molecule has 0 aromatic rings. The van der Waals surface area contributed by atoms with Crippen LogP contribution in [0.25, 0.3) is 0 Å². The second-order valence-electron chi connectivity index (χ2n) is 7.14. The third-order valence-electron chi connectivity index (χ3n) is 4.24. The molecular formula is C22H44O10. The minimum atomic E-state index is -1.15. The number of hydrogen-bond donors (Lipinski definition) is 4. The van der Waals surface area contributed by atoms with Crippen molar-refractivity contribution >= 4 is 11.9 Å². The van der Waals surface area contributed by atoms with Gasteiger partial charge in [-0.05, 0) is 25.7 Å². The first-order chi connectivity index (χ1) is 15.4. The Bertz CT molecular complexity index is 412. The molecule has 10 nitrogen and oxygen atoms in total. The summed E-state index contributed by atoms with van der Waals surface area (Å²) < 4.78 is 20.6. The van der Waals surface area contributed by atoms with Crippen LogP contribution in [-0.2, 0) is 28.5 Å². The molecule has 0 fully saturated rings. The number of aliphatic hydroxyl groups excluding tert-OH is 2. The number of carbonyl (C=O) groups is 2. The van der Waals surface area contributed by atoms with Gasteiger partial charge in [0, 0.05) is 19.6 Å². The third-order valence-corrected chi connectivity index (χ3v) is 4.24. The minimum Gasteiger partial charge on any atom is -0.481 e. The zero-order valence-corrected chi connectivity index (χ0v) is 19.7. The average Bonchev–Trinajstić information content (AvgIpc) is 2.75. The highest BCUT2D eigenvalue weighted by molar-refractivity contribution is 5.71. The normalized spacial score (nSPS) is 12.6. The number of ether oxygens (including phenoxy) is 4. The minimum absolute atomic E-state index is 0.0922.